The zero-order chi connectivity index (χ0) is 24.6. The van der Waals surface area contributed by atoms with Crippen LogP contribution in [0.15, 0.2) is 0 Å². The van der Waals surface area contributed by atoms with E-state index in [0.717, 1.165) is 43.4 Å². The van der Waals surface area contributed by atoms with Crippen LogP contribution in [0.2, 0.25) is 0 Å². The predicted octanol–water partition coefficient (Wildman–Crippen LogP) is 8.61. The van der Waals surface area contributed by atoms with Crippen LogP contribution in [-0.2, 0) is 4.74 Å². The third-order valence-electron chi connectivity index (χ3n) is 9.79. The van der Waals surface area contributed by atoms with Gasteiger partial charge in [-0.25, -0.2) is 0 Å². The van der Waals surface area contributed by atoms with Crippen molar-refractivity contribution in [3.63, 3.8) is 0 Å². The first-order valence-electron chi connectivity index (χ1n) is 16.4. The third kappa shape index (κ3) is 11.4. The molecule has 0 atom stereocenters. The van der Waals surface area contributed by atoms with Crippen molar-refractivity contribution in [1.82, 2.24) is 10.6 Å². The van der Waals surface area contributed by atoms with E-state index in [9.17, 15) is 0 Å². The molecule has 206 valence electrons. The molecule has 0 aromatic heterocycles. The number of ether oxygens (including phenoxy) is 1. The molecule has 2 saturated carbocycles. The predicted molar refractivity (Wildman–Crippen MR) is 152 cm³/mol. The Morgan fingerprint density at radius 2 is 1.03 bits per heavy atom. The number of unbranched alkanes of at least 4 members (excludes halogenated alkanes) is 10. The van der Waals surface area contributed by atoms with Crippen LogP contribution in [0.25, 0.3) is 0 Å². The van der Waals surface area contributed by atoms with Crippen LogP contribution in [0.1, 0.15) is 149 Å². The Balaban J connectivity index is 1.19. The second kappa shape index (κ2) is 18.2. The molecule has 1 heterocycles. The summed E-state index contributed by atoms with van der Waals surface area (Å²) in [5.41, 5.74) is 0. The fourth-order valence-corrected chi connectivity index (χ4v) is 7.36. The molecule has 1 saturated heterocycles. The molecule has 0 bridgehead atoms. The molecule has 0 unspecified atom stereocenters. The highest BCUT2D eigenvalue weighted by Gasteiger charge is 2.34. The largest absolute Gasteiger partial charge is 0.376 e. The smallest absolute Gasteiger partial charge is 0.0824 e. The molecule has 0 amide bonds. The van der Waals surface area contributed by atoms with Crippen LogP contribution in [0.3, 0.4) is 0 Å². The normalized spacial score (nSPS) is 32.1. The number of nitrogens with one attached hydrogen (secondary N) is 2. The highest BCUT2D eigenvalue weighted by atomic mass is 16.5. The summed E-state index contributed by atoms with van der Waals surface area (Å²) in [4.78, 5) is 0. The van der Waals surface area contributed by atoms with E-state index >= 15 is 0 Å². The SMILES string of the molecule is CCCCCCCCOC1CNC(C2CCC(C3CCC(CCCCCCCC)CC3)CC2)NC1. The summed E-state index contributed by atoms with van der Waals surface area (Å²) in [5.74, 6) is 3.96. The monoisotopic (exact) mass is 490 g/mol. The molecule has 1 aliphatic heterocycles. The summed E-state index contributed by atoms with van der Waals surface area (Å²) in [7, 11) is 0. The average Bonchev–Trinajstić information content (AvgIpc) is 2.91. The number of hydrogen-bond donors (Lipinski definition) is 2. The minimum atomic E-state index is 0.366. The van der Waals surface area contributed by atoms with E-state index in [0.29, 0.717) is 12.3 Å². The molecule has 2 aliphatic carbocycles. The van der Waals surface area contributed by atoms with Gasteiger partial charge < -0.3 is 4.74 Å². The van der Waals surface area contributed by atoms with Crippen molar-refractivity contribution in [3.05, 3.63) is 0 Å². The molecule has 3 aliphatic rings. The molecular weight excluding hydrogens is 428 g/mol. The Kier molecular flexibility index (Phi) is 15.3. The van der Waals surface area contributed by atoms with Crippen LogP contribution in [0.5, 0.6) is 0 Å². The average molecular weight is 491 g/mol. The van der Waals surface area contributed by atoms with Gasteiger partial charge in [-0.1, -0.05) is 104 Å². The lowest BCUT2D eigenvalue weighted by Crippen LogP contribution is -2.59. The summed E-state index contributed by atoms with van der Waals surface area (Å²) in [6.07, 6.45) is 31.2. The van der Waals surface area contributed by atoms with Gasteiger partial charge in [-0.05, 0) is 68.6 Å². The molecule has 2 N–H and O–H groups in total. The topological polar surface area (TPSA) is 33.3 Å². The van der Waals surface area contributed by atoms with E-state index in [2.05, 4.69) is 24.5 Å². The minimum Gasteiger partial charge on any atom is -0.376 e. The Labute approximate surface area is 219 Å². The van der Waals surface area contributed by atoms with Gasteiger partial charge in [0.1, 0.15) is 0 Å². The van der Waals surface area contributed by atoms with Gasteiger partial charge in [0.05, 0.1) is 12.3 Å². The van der Waals surface area contributed by atoms with E-state index in [-0.39, 0.29) is 0 Å². The van der Waals surface area contributed by atoms with Crippen molar-refractivity contribution < 1.29 is 4.74 Å². The maximum absolute atomic E-state index is 6.15. The lowest BCUT2D eigenvalue weighted by Gasteiger charge is -2.42. The van der Waals surface area contributed by atoms with Gasteiger partial charge in [0.15, 0.2) is 0 Å². The van der Waals surface area contributed by atoms with Gasteiger partial charge in [0, 0.05) is 19.7 Å². The number of hydrogen-bond acceptors (Lipinski definition) is 3. The van der Waals surface area contributed by atoms with Crippen molar-refractivity contribution in [3.8, 4) is 0 Å². The van der Waals surface area contributed by atoms with Crippen molar-refractivity contribution in [2.75, 3.05) is 19.7 Å². The summed E-state index contributed by atoms with van der Waals surface area (Å²) in [6, 6.07) is 0. The number of rotatable bonds is 17. The van der Waals surface area contributed by atoms with E-state index in [1.54, 1.807) is 0 Å². The van der Waals surface area contributed by atoms with Gasteiger partial charge in [0.25, 0.3) is 0 Å². The first kappa shape index (κ1) is 29.4. The van der Waals surface area contributed by atoms with Gasteiger partial charge in [-0.2, -0.15) is 0 Å². The zero-order valence-electron chi connectivity index (χ0n) is 23.8. The first-order chi connectivity index (χ1) is 17.3. The summed E-state index contributed by atoms with van der Waals surface area (Å²) in [6.45, 7) is 7.62. The van der Waals surface area contributed by atoms with Crippen molar-refractivity contribution in [1.29, 1.82) is 0 Å². The van der Waals surface area contributed by atoms with Crippen molar-refractivity contribution in [2.24, 2.45) is 23.7 Å². The molecule has 3 heteroatoms. The quantitative estimate of drug-likeness (QED) is 0.200. The van der Waals surface area contributed by atoms with Gasteiger partial charge >= 0.3 is 0 Å². The zero-order valence-corrected chi connectivity index (χ0v) is 23.8. The first-order valence-corrected chi connectivity index (χ1v) is 16.4. The van der Waals surface area contributed by atoms with Crippen LogP contribution in [-0.4, -0.2) is 32.0 Å². The summed E-state index contributed by atoms with van der Waals surface area (Å²) in [5, 5.41) is 7.61. The molecule has 0 aromatic rings. The van der Waals surface area contributed by atoms with Gasteiger partial charge in [-0.15, -0.1) is 0 Å². The van der Waals surface area contributed by atoms with E-state index < -0.39 is 0 Å². The maximum Gasteiger partial charge on any atom is 0.0824 e. The Morgan fingerprint density at radius 3 is 1.63 bits per heavy atom. The third-order valence-corrected chi connectivity index (χ3v) is 9.79. The van der Waals surface area contributed by atoms with Crippen LogP contribution >= 0.6 is 0 Å². The molecule has 0 aromatic carbocycles. The molecule has 3 fully saturated rings. The summed E-state index contributed by atoms with van der Waals surface area (Å²) < 4.78 is 6.15. The Bertz CT molecular complexity index is 488. The highest BCUT2D eigenvalue weighted by molar-refractivity contribution is 4.88. The van der Waals surface area contributed by atoms with Gasteiger partial charge in [-0.3, -0.25) is 10.6 Å². The lowest BCUT2D eigenvalue weighted by atomic mass is 9.68. The maximum atomic E-state index is 6.15. The van der Waals surface area contributed by atoms with E-state index in [4.69, 9.17) is 4.74 Å². The van der Waals surface area contributed by atoms with Crippen LogP contribution in [0.4, 0.5) is 0 Å². The standard InChI is InChI=1S/C32H62N2O/c1-3-5-7-9-11-13-15-27-16-18-28(19-17-27)29-20-22-30(23-21-29)32-33-25-31(26-34-32)35-24-14-12-10-8-6-4-2/h27-34H,3-26H2,1-2H3. The van der Waals surface area contributed by atoms with E-state index in [1.807, 2.05) is 0 Å². The molecule has 35 heavy (non-hydrogen) atoms. The van der Waals surface area contributed by atoms with Crippen molar-refractivity contribution in [2.45, 2.75) is 161 Å². The van der Waals surface area contributed by atoms with Crippen LogP contribution < -0.4 is 10.6 Å². The molecule has 0 spiro atoms. The second-order valence-corrected chi connectivity index (χ2v) is 12.6. The highest BCUT2D eigenvalue weighted by Crippen LogP contribution is 2.42. The lowest BCUT2D eigenvalue weighted by molar-refractivity contribution is 0.0195. The molecule has 3 rings (SSSR count). The minimum absolute atomic E-state index is 0.366. The molecular formula is C32H62N2O. The molecule has 0 radical (unpaired) electrons. The fourth-order valence-electron chi connectivity index (χ4n) is 7.36. The fraction of sp³-hybridized carbons (Fsp3) is 1.00. The van der Waals surface area contributed by atoms with Gasteiger partial charge in [0.2, 0.25) is 0 Å². The Hall–Kier alpha value is -0.120. The second-order valence-electron chi connectivity index (χ2n) is 12.6. The molecule has 3 nitrogen and oxygen atoms in total. The Morgan fingerprint density at radius 1 is 0.543 bits per heavy atom. The van der Waals surface area contributed by atoms with Crippen LogP contribution in [0, 0.1) is 23.7 Å². The van der Waals surface area contributed by atoms with Crippen molar-refractivity contribution >= 4 is 0 Å². The summed E-state index contributed by atoms with van der Waals surface area (Å²) >= 11 is 0. The van der Waals surface area contributed by atoms with E-state index in [1.165, 1.54) is 135 Å².